The molecule has 4 rings (SSSR count). The van der Waals surface area contributed by atoms with Crippen LogP contribution in [0, 0.1) is 13.8 Å². The lowest BCUT2D eigenvalue weighted by Gasteiger charge is -2.08. The third-order valence-electron chi connectivity index (χ3n) is 4.26. The van der Waals surface area contributed by atoms with Gasteiger partial charge in [0, 0.05) is 4.47 Å². The summed E-state index contributed by atoms with van der Waals surface area (Å²) in [7, 11) is 0. The van der Waals surface area contributed by atoms with E-state index in [0.717, 1.165) is 26.9 Å². The number of halogens is 1. The van der Waals surface area contributed by atoms with Gasteiger partial charge in [-0.05, 0) is 48.4 Å². The van der Waals surface area contributed by atoms with Gasteiger partial charge in [0.25, 0.3) is 0 Å². The second-order valence-corrected chi connectivity index (χ2v) is 7.69. The first-order valence-electron chi connectivity index (χ1n) is 8.38. The molecule has 0 N–H and O–H groups in total. The van der Waals surface area contributed by atoms with Gasteiger partial charge in [0.15, 0.2) is 0 Å². The first kappa shape index (κ1) is 17.9. The molecule has 0 radical (unpaired) electrons. The van der Waals surface area contributed by atoms with Crippen LogP contribution in [0.25, 0.3) is 17.1 Å². The monoisotopic (exact) mass is 440 g/mol. The first-order chi connectivity index (χ1) is 13.0. The van der Waals surface area contributed by atoms with Crippen molar-refractivity contribution in [2.24, 2.45) is 0 Å². The number of benzene rings is 2. The number of aryl methyl sites for hydroxylation is 2. The number of aromatic nitrogens is 6. The lowest BCUT2D eigenvalue weighted by Crippen LogP contribution is -2.03. The molecule has 27 heavy (non-hydrogen) atoms. The summed E-state index contributed by atoms with van der Waals surface area (Å²) in [5.74, 6) is 0.508. The summed E-state index contributed by atoms with van der Waals surface area (Å²) in [5.41, 5.74) is 5.17. The molecule has 0 aliphatic heterocycles. The van der Waals surface area contributed by atoms with Crippen LogP contribution in [0.4, 0.5) is 0 Å². The summed E-state index contributed by atoms with van der Waals surface area (Å²) >= 11 is 8.09. The minimum Gasteiger partial charge on any atom is -0.226 e. The molecule has 4 aromatic rings. The summed E-state index contributed by atoms with van der Waals surface area (Å²) in [6.07, 6.45) is 1.72. The van der Waals surface area contributed by atoms with E-state index in [1.165, 1.54) is 5.56 Å². The molecule has 136 valence electrons. The van der Waals surface area contributed by atoms with Crippen molar-refractivity contribution in [3.05, 3.63) is 69.8 Å². The van der Waals surface area contributed by atoms with Crippen molar-refractivity contribution < 1.29 is 0 Å². The average molecular weight is 441 g/mol. The number of tetrazole rings is 1. The van der Waals surface area contributed by atoms with Gasteiger partial charge in [-0.2, -0.15) is 9.90 Å². The number of thiol groups is 1. The van der Waals surface area contributed by atoms with Crippen LogP contribution < -0.4 is 0 Å². The zero-order valence-electron chi connectivity index (χ0n) is 14.8. The van der Waals surface area contributed by atoms with Gasteiger partial charge in [0.2, 0.25) is 5.82 Å². The van der Waals surface area contributed by atoms with Gasteiger partial charge in [0.05, 0.1) is 24.0 Å². The van der Waals surface area contributed by atoms with Crippen molar-refractivity contribution in [1.29, 1.82) is 0 Å². The van der Waals surface area contributed by atoms with E-state index < -0.39 is 0 Å². The third-order valence-corrected chi connectivity index (χ3v) is 5.21. The standard InChI is InChI=1S/C19H17BrN6S/c1-12-3-8-17(13(2)9-12)26-19(27)16(10-21-26)18-22-24-25(23-18)11-14-4-6-15(20)7-5-14/h3-10,27H,11H2,1-2H3. The molecule has 2 aromatic heterocycles. The van der Waals surface area contributed by atoms with Crippen molar-refractivity contribution in [2.75, 3.05) is 0 Å². The fourth-order valence-corrected chi connectivity index (χ4v) is 3.47. The molecule has 2 aromatic carbocycles. The van der Waals surface area contributed by atoms with Gasteiger partial charge in [-0.25, -0.2) is 4.68 Å². The van der Waals surface area contributed by atoms with Crippen LogP contribution >= 0.6 is 28.6 Å². The number of nitrogens with zero attached hydrogens (tertiary/aromatic N) is 6. The van der Waals surface area contributed by atoms with Crippen LogP contribution in [0.3, 0.4) is 0 Å². The topological polar surface area (TPSA) is 61.4 Å². The van der Waals surface area contributed by atoms with E-state index in [2.05, 4.69) is 75.0 Å². The second-order valence-electron chi connectivity index (χ2n) is 6.35. The molecular weight excluding hydrogens is 424 g/mol. The summed E-state index contributed by atoms with van der Waals surface area (Å²) in [5, 5.41) is 18.0. The van der Waals surface area contributed by atoms with Crippen LogP contribution in [0.5, 0.6) is 0 Å². The summed E-state index contributed by atoms with van der Waals surface area (Å²) < 4.78 is 2.83. The molecule has 0 saturated heterocycles. The van der Waals surface area contributed by atoms with E-state index in [1.54, 1.807) is 15.7 Å². The van der Waals surface area contributed by atoms with Crippen molar-refractivity contribution in [2.45, 2.75) is 25.4 Å². The molecule has 0 aliphatic carbocycles. The van der Waals surface area contributed by atoms with E-state index >= 15 is 0 Å². The fourth-order valence-electron chi connectivity index (χ4n) is 2.89. The molecule has 0 bridgehead atoms. The molecule has 0 aliphatic rings. The fraction of sp³-hybridized carbons (Fsp3) is 0.158. The van der Waals surface area contributed by atoms with Crippen LogP contribution in [-0.4, -0.2) is 30.0 Å². The van der Waals surface area contributed by atoms with Crippen LogP contribution in [0.15, 0.2) is 58.2 Å². The third kappa shape index (κ3) is 3.68. The predicted octanol–water partition coefficient (Wildman–Crippen LogP) is 4.24. The summed E-state index contributed by atoms with van der Waals surface area (Å²) in [4.78, 5) is 1.57. The van der Waals surface area contributed by atoms with Crippen molar-refractivity contribution in [1.82, 2.24) is 30.0 Å². The highest BCUT2D eigenvalue weighted by atomic mass is 79.9. The highest BCUT2D eigenvalue weighted by Crippen LogP contribution is 2.27. The Balaban J connectivity index is 1.62. The summed E-state index contributed by atoms with van der Waals surface area (Å²) in [6.45, 7) is 4.68. The Bertz CT molecular complexity index is 1100. The minimum absolute atomic E-state index is 0.508. The molecule has 2 heterocycles. The molecular formula is C19H17BrN6S. The van der Waals surface area contributed by atoms with E-state index in [9.17, 15) is 0 Å². The maximum Gasteiger partial charge on any atom is 0.209 e. The Hall–Kier alpha value is -2.45. The van der Waals surface area contributed by atoms with Gasteiger partial charge in [-0.15, -0.1) is 22.8 Å². The summed E-state index contributed by atoms with van der Waals surface area (Å²) in [6, 6.07) is 14.3. The molecule has 0 fully saturated rings. The maximum atomic E-state index is 4.66. The molecule has 0 saturated carbocycles. The predicted molar refractivity (Wildman–Crippen MR) is 110 cm³/mol. The zero-order valence-corrected chi connectivity index (χ0v) is 17.3. The van der Waals surface area contributed by atoms with E-state index in [4.69, 9.17) is 0 Å². The van der Waals surface area contributed by atoms with Gasteiger partial charge < -0.3 is 0 Å². The Morgan fingerprint density at radius 3 is 2.59 bits per heavy atom. The Morgan fingerprint density at radius 2 is 1.85 bits per heavy atom. The van der Waals surface area contributed by atoms with Crippen LogP contribution in [0.1, 0.15) is 16.7 Å². The lowest BCUT2D eigenvalue weighted by atomic mass is 10.1. The number of rotatable bonds is 4. The van der Waals surface area contributed by atoms with Crippen molar-refractivity contribution in [3.63, 3.8) is 0 Å². The quantitative estimate of drug-likeness (QED) is 0.482. The molecule has 6 nitrogen and oxygen atoms in total. The van der Waals surface area contributed by atoms with Crippen LogP contribution in [0.2, 0.25) is 0 Å². The Labute approximate surface area is 170 Å². The smallest absolute Gasteiger partial charge is 0.209 e. The van der Waals surface area contributed by atoms with Gasteiger partial charge >= 0.3 is 0 Å². The minimum atomic E-state index is 0.508. The Morgan fingerprint density at radius 1 is 1.07 bits per heavy atom. The Kier molecular flexibility index (Phi) is 4.84. The zero-order chi connectivity index (χ0) is 19.0. The average Bonchev–Trinajstić information content (AvgIpc) is 3.24. The SMILES string of the molecule is Cc1ccc(-n2ncc(-c3nnn(Cc4ccc(Br)cc4)n3)c2S)c(C)c1. The molecule has 8 heteroatoms. The normalized spacial score (nSPS) is 11.1. The molecule has 0 amide bonds. The number of hydrogen-bond donors (Lipinski definition) is 1. The second kappa shape index (κ2) is 7.28. The lowest BCUT2D eigenvalue weighted by molar-refractivity contribution is 0.573. The van der Waals surface area contributed by atoms with Crippen LogP contribution in [-0.2, 0) is 6.54 Å². The molecule has 0 atom stereocenters. The molecule has 0 spiro atoms. The number of hydrogen-bond acceptors (Lipinski definition) is 5. The van der Waals surface area contributed by atoms with Gasteiger partial charge in [-0.3, -0.25) is 0 Å². The maximum absolute atomic E-state index is 4.66. The highest BCUT2D eigenvalue weighted by molar-refractivity contribution is 9.10. The van der Waals surface area contributed by atoms with Crippen molar-refractivity contribution in [3.8, 4) is 17.1 Å². The molecule has 0 unspecified atom stereocenters. The highest BCUT2D eigenvalue weighted by Gasteiger charge is 2.16. The van der Waals surface area contributed by atoms with Gasteiger partial charge in [0.1, 0.15) is 5.03 Å². The van der Waals surface area contributed by atoms with E-state index in [1.807, 2.05) is 30.3 Å². The first-order valence-corrected chi connectivity index (χ1v) is 9.62. The van der Waals surface area contributed by atoms with Crippen molar-refractivity contribution >= 4 is 28.6 Å². The van der Waals surface area contributed by atoms with E-state index in [-0.39, 0.29) is 0 Å². The van der Waals surface area contributed by atoms with E-state index in [0.29, 0.717) is 17.4 Å². The largest absolute Gasteiger partial charge is 0.226 e. The van der Waals surface area contributed by atoms with Gasteiger partial charge in [-0.1, -0.05) is 45.8 Å².